The fourth-order valence-corrected chi connectivity index (χ4v) is 2.83. The van der Waals surface area contributed by atoms with Crippen molar-refractivity contribution in [3.63, 3.8) is 0 Å². The first-order valence-electron chi connectivity index (χ1n) is 8.89. The summed E-state index contributed by atoms with van der Waals surface area (Å²) in [6, 6.07) is 9.21. The van der Waals surface area contributed by atoms with Crippen LogP contribution in [0.25, 0.3) is 0 Å². The maximum Gasteiger partial charge on any atom is 0.360 e. The van der Waals surface area contributed by atoms with Crippen LogP contribution in [0, 0.1) is 13.8 Å². The van der Waals surface area contributed by atoms with E-state index in [9.17, 15) is 4.79 Å². The molecule has 29 heavy (non-hydrogen) atoms. The van der Waals surface area contributed by atoms with Crippen molar-refractivity contribution in [1.29, 1.82) is 0 Å². The Morgan fingerprint density at radius 1 is 1.03 bits per heavy atom. The Kier molecular flexibility index (Phi) is 7.70. The Balaban J connectivity index is 2.36. The van der Waals surface area contributed by atoms with E-state index >= 15 is 0 Å². The number of hydrogen-bond acceptors (Lipinski definition) is 8. The van der Waals surface area contributed by atoms with E-state index in [1.807, 2.05) is 39.0 Å². The largest absolute Gasteiger partial charge is 0.473 e. The number of methoxy groups -OCH3 is 1. The van der Waals surface area contributed by atoms with Gasteiger partial charge in [0.2, 0.25) is 5.88 Å². The summed E-state index contributed by atoms with van der Waals surface area (Å²) in [5.41, 5.74) is 4.54. The topological polar surface area (TPSA) is 91.6 Å². The lowest BCUT2D eigenvalue weighted by atomic mass is 10.0. The Bertz CT molecular complexity index is 938. The molecule has 0 atom stereocenters. The van der Waals surface area contributed by atoms with Crippen LogP contribution in [0.3, 0.4) is 0 Å². The molecule has 1 aromatic carbocycles. The van der Waals surface area contributed by atoms with Crippen molar-refractivity contribution in [2.24, 2.45) is 10.3 Å². The van der Waals surface area contributed by atoms with Crippen molar-refractivity contribution in [3.8, 4) is 5.88 Å². The van der Waals surface area contributed by atoms with E-state index in [4.69, 9.17) is 19.1 Å². The summed E-state index contributed by atoms with van der Waals surface area (Å²) in [6.07, 6.45) is 0. The van der Waals surface area contributed by atoms with Crippen LogP contribution in [0.15, 0.2) is 40.6 Å². The summed E-state index contributed by atoms with van der Waals surface area (Å²) in [6.45, 7) is 5.86. The lowest BCUT2D eigenvalue weighted by molar-refractivity contribution is -0.132. The zero-order valence-corrected chi connectivity index (χ0v) is 17.5. The molecule has 0 unspecified atom stereocenters. The third kappa shape index (κ3) is 5.31. The van der Waals surface area contributed by atoms with Crippen LogP contribution in [0.5, 0.6) is 5.88 Å². The van der Waals surface area contributed by atoms with Gasteiger partial charge in [-0.2, -0.15) is 0 Å². The predicted octanol–water partition coefficient (Wildman–Crippen LogP) is 3.17. The van der Waals surface area contributed by atoms with Gasteiger partial charge in [-0.25, -0.2) is 9.78 Å². The quantitative estimate of drug-likeness (QED) is 0.385. The van der Waals surface area contributed by atoms with Gasteiger partial charge >= 0.3 is 5.97 Å². The van der Waals surface area contributed by atoms with Crippen molar-refractivity contribution < 1.29 is 23.9 Å². The summed E-state index contributed by atoms with van der Waals surface area (Å²) in [4.78, 5) is 26.3. The molecule has 1 aromatic heterocycles. The van der Waals surface area contributed by atoms with Crippen LogP contribution in [-0.2, 0) is 25.8 Å². The van der Waals surface area contributed by atoms with E-state index in [0.717, 1.165) is 16.7 Å². The minimum atomic E-state index is -0.599. The lowest BCUT2D eigenvalue weighted by Gasteiger charge is -2.14. The van der Waals surface area contributed by atoms with Crippen molar-refractivity contribution in [2.45, 2.75) is 27.4 Å². The fraction of sp³-hybridized carbons (Fsp3) is 0.333. The minimum absolute atomic E-state index is 0.0616. The van der Waals surface area contributed by atoms with E-state index in [2.05, 4.69) is 15.3 Å². The summed E-state index contributed by atoms with van der Waals surface area (Å²) in [5.74, 6) is -0.132. The first kappa shape index (κ1) is 21.9. The summed E-state index contributed by atoms with van der Waals surface area (Å²) < 4.78 is 10.8. The highest BCUT2D eigenvalue weighted by Crippen LogP contribution is 2.22. The number of esters is 1. The van der Waals surface area contributed by atoms with Gasteiger partial charge in [0, 0.05) is 11.1 Å². The number of carbonyl (C=O) groups excluding carboxylic acids is 1. The predicted molar refractivity (Wildman–Crippen MR) is 109 cm³/mol. The molecule has 0 aliphatic heterocycles. The average molecular weight is 399 g/mol. The van der Waals surface area contributed by atoms with E-state index in [1.54, 1.807) is 12.1 Å². The van der Waals surface area contributed by atoms with Gasteiger partial charge < -0.3 is 19.1 Å². The monoisotopic (exact) mass is 399 g/mol. The first-order valence-corrected chi connectivity index (χ1v) is 8.89. The van der Waals surface area contributed by atoms with Crippen LogP contribution in [0.2, 0.25) is 0 Å². The van der Waals surface area contributed by atoms with Gasteiger partial charge in [0.1, 0.15) is 26.5 Å². The first-order chi connectivity index (χ1) is 13.9. The van der Waals surface area contributed by atoms with Crippen LogP contribution < -0.4 is 4.74 Å². The molecule has 0 saturated heterocycles. The molecule has 0 N–H and O–H groups in total. The zero-order valence-electron chi connectivity index (χ0n) is 17.5. The molecule has 2 aromatic rings. The molecule has 0 saturated carbocycles. The Morgan fingerprint density at radius 3 is 2.38 bits per heavy atom. The Labute approximate surface area is 170 Å². The number of hydrogen-bond donors (Lipinski definition) is 0. The number of carbonyl (C=O) groups is 1. The number of ether oxygens (including phenoxy) is 2. The average Bonchev–Trinajstić information content (AvgIpc) is 2.71. The van der Waals surface area contributed by atoms with Gasteiger partial charge in [0.05, 0.1) is 12.8 Å². The van der Waals surface area contributed by atoms with Crippen LogP contribution >= 0.6 is 0 Å². The van der Waals surface area contributed by atoms with Crippen molar-refractivity contribution in [3.05, 3.63) is 58.3 Å². The van der Waals surface area contributed by atoms with E-state index < -0.39 is 5.97 Å². The summed E-state index contributed by atoms with van der Waals surface area (Å²) in [5, 5.41) is 7.76. The number of rotatable bonds is 8. The molecule has 0 aliphatic carbocycles. The van der Waals surface area contributed by atoms with Crippen LogP contribution in [-0.4, -0.2) is 43.7 Å². The standard InChI is InChI=1S/C21H25N3O5/c1-13-11-14(2)20(22-18(13)15(3)23-27-5)29-12-16-9-7-8-10-17(16)19(24-28-6)21(25)26-4/h7-11H,12H2,1-6H3/b23-15-,24-19+. The van der Waals surface area contributed by atoms with Gasteiger partial charge in [0.15, 0.2) is 5.71 Å². The summed E-state index contributed by atoms with van der Waals surface area (Å²) >= 11 is 0. The Hall–Kier alpha value is -3.42. The number of oxime groups is 2. The smallest absolute Gasteiger partial charge is 0.360 e. The van der Waals surface area contributed by atoms with Gasteiger partial charge in [-0.05, 0) is 38.0 Å². The van der Waals surface area contributed by atoms with Crippen molar-refractivity contribution in [1.82, 2.24) is 4.98 Å². The molecule has 0 bridgehead atoms. The minimum Gasteiger partial charge on any atom is -0.473 e. The highest BCUT2D eigenvalue weighted by molar-refractivity contribution is 6.43. The second kappa shape index (κ2) is 10.2. The highest BCUT2D eigenvalue weighted by Gasteiger charge is 2.20. The maximum absolute atomic E-state index is 12.1. The second-order valence-electron chi connectivity index (χ2n) is 6.20. The van der Waals surface area contributed by atoms with Crippen molar-refractivity contribution >= 4 is 17.4 Å². The van der Waals surface area contributed by atoms with E-state index in [-0.39, 0.29) is 12.3 Å². The van der Waals surface area contributed by atoms with Gasteiger partial charge in [0.25, 0.3) is 0 Å². The number of aromatic nitrogens is 1. The van der Waals surface area contributed by atoms with Gasteiger partial charge in [-0.1, -0.05) is 34.6 Å². The highest BCUT2D eigenvalue weighted by atomic mass is 16.6. The second-order valence-corrected chi connectivity index (χ2v) is 6.20. The molecule has 1 heterocycles. The molecular weight excluding hydrogens is 374 g/mol. The molecule has 8 heteroatoms. The Morgan fingerprint density at radius 2 is 1.72 bits per heavy atom. The molecule has 0 spiro atoms. The zero-order chi connectivity index (χ0) is 21.4. The normalized spacial score (nSPS) is 11.8. The molecule has 8 nitrogen and oxygen atoms in total. The third-order valence-electron chi connectivity index (χ3n) is 4.13. The molecule has 0 radical (unpaired) electrons. The number of aryl methyl sites for hydroxylation is 2. The van der Waals surface area contributed by atoms with E-state index in [1.165, 1.54) is 21.3 Å². The number of pyridine rings is 1. The molecule has 0 aliphatic rings. The molecular formula is C21H25N3O5. The number of nitrogens with zero attached hydrogens (tertiary/aromatic N) is 3. The van der Waals surface area contributed by atoms with Crippen LogP contribution in [0.4, 0.5) is 0 Å². The summed E-state index contributed by atoms with van der Waals surface area (Å²) in [7, 11) is 4.15. The SMILES string of the molecule is CO/N=C(/C)c1nc(OCc2ccccc2/C(=N\OC)C(=O)OC)c(C)cc1C. The van der Waals surface area contributed by atoms with Gasteiger partial charge in [-0.3, -0.25) is 0 Å². The van der Waals surface area contributed by atoms with E-state index in [0.29, 0.717) is 22.8 Å². The fourth-order valence-electron chi connectivity index (χ4n) is 2.83. The molecule has 0 fully saturated rings. The number of benzene rings is 1. The van der Waals surface area contributed by atoms with Gasteiger partial charge in [-0.15, -0.1) is 0 Å². The lowest BCUT2D eigenvalue weighted by Crippen LogP contribution is -2.20. The maximum atomic E-state index is 12.1. The third-order valence-corrected chi connectivity index (χ3v) is 4.13. The van der Waals surface area contributed by atoms with Crippen molar-refractivity contribution in [2.75, 3.05) is 21.3 Å². The molecule has 0 amide bonds. The molecule has 2 rings (SSSR count). The van der Waals surface area contributed by atoms with Crippen LogP contribution in [0.1, 0.15) is 34.9 Å². The molecule has 154 valence electrons.